The van der Waals surface area contributed by atoms with Gasteiger partial charge in [-0.15, -0.1) is 0 Å². The molecule has 0 heterocycles. The van der Waals surface area contributed by atoms with Crippen LogP contribution in [-0.2, 0) is 6.42 Å². The molecule has 1 saturated carbocycles. The molecular formula is C15H22N2O. The van der Waals surface area contributed by atoms with Crippen LogP contribution >= 0.6 is 0 Å². The van der Waals surface area contributed by atoms with Crippen molar-refractivity contribution in [2.75, 3.05) is 20.1 Å². The van der Waals surface area contributed by atoms with E-state index in [2.05, 4.69) is 17.6 Å². The predicted octanol–water partition coefficient (Wildman–Crippen LogP) is 1.98. The number of carbonyl (C=O) groups is 1. The minimum absolute atomic E-state index is 0.0647. The van der Waals surface area contributed by atoms with Crippen molar-refractivity contribution in [2.45, 2.75) is 26.2 Å². The Bertz CT molecular complexity index is 424. The van der Waals surface area contributed by atoms with Gasteiger partial charge in [0.15, 0.2) is 0 Å². The molecule has 1 amide bonds. The third-order valence-electron chi connectivity index (χ3n) is 3.69. The number of hydrogen-bond acceptors (Lipinski definition) is 2. The van der Waals surface area contributed by atoms with E-state index < -0.39 is 0 Å². The molecule has 0 bridgehead atoms. The summed E-state index contributed by atoms with van der Waals surface area (Å²) in [5.41, 5.74) is 2.29. The van der Waals surface area contributed by atoms with Crippen LogP contribution in [0, 0.1) is 5.41 Å². The summed E-state index contributed by atoms with van der Waals surface area (Å²) in [6.07, 6.45) is 3.35. The summed E-state index contributed by atoms with van der Waals surface area (Å²) < 4.78 is 0. The number of benzene rings is 1. The van der Waals surface area contributed by atoms with E-state index in [4.69, 9.17) is 0 Å². The number of nitrogens with one attached hydrogen (secondary N) is 2. The molecule has 0 aliphatic heterocycles. The lowest BCUT2D eigenvalue weighted by Gasteiger charge is -2.12. The van der Waals surface area contributed by atoms with Crippen molar-refractivity contribution in [1.82, 2.24) is 10.6 Å². The first-order valence-electron chi connectivity index (χ1n) is 6.65. The Morgan fingerprint density at radius 3 is 2.72 bits per heavy atom. The van der Waals surface area contributed by atoms with E-state index in [1.165, 1.54) is 12.8 Å². The summed E-state index contributed by atoms with van der Waals surface area (Å²) in [5.74, 6) is 0.0647. The van der Waals surface area contributed by atoms with Crippen molar-refractivity contribution in [3.05, 3.63) is 35.4 Å². The molecule has 1 aliphatic carbocycles. The van der Waals surface area contributed by atoms with Gasteiger partial charge in [-0.3, -0.25) is 4.79 Å². The normalized spacial score (nSPS) is 16.3. The second-order valence-corrected chi connectivity index (χ2v) is 5.50. The highest BCUT2D eigenvalue weighted by Gasteiger charge is 2.37. The lowest BCUT2D eigenvalue weighted by molar-refractivity contribution is 0.0945. The van der Waals surface area contributed by atoms with Gasteiger partial charge in [0.05, 0.1) is 0 Å². The molecule has 0 spiro atoms. The Morgan fingerprint density at radius 2 is 2.06 bits per heavy atom. The molecule has 1 aromatic rings. The zero-order chi connectivity index (χ0) is 13.0. The van der Waals surface area contributed by atoms with Gasteiger partial charge in [-0.25, -0.2) is 0 Å². The standard InChI is InChI=1S/C15H22N2O/c1-15(8-9-15)11-17-14(18)13-6-4-3-5-12(13)7-10-16-2/h3-6,16H,7-11H2,1-2H3,(H,17,18). The van der Waals surface area contributed by atoms with Crippen LogP contribution in [0.15, 0.2) is 24.3 Å². The smallest absolute Gasteiger partial charge is 0.251 e. The first-order valence-corrected chi connectivity index (χ1v) is 6.65. The van der Waals surface area contributed by atoms with E-state index in [9.17, 15) is 4.79 Å². The van der Waals surface area contributed by atoms with Crippen LogP contribution in [0.4, 0.5) is 0 Å². The van der Waals surface area contributed by atoms with Crippen molar-refractivity contribution >= 4 is 5.91 Å². The van der Waals surface area contributed by atoms with Crippen LogP contribution in [0.1, 0.15) is 35.7 Å². The maximum atomic E-state index is 12.2. The molecule has 2 rings (SSSR count). The van der Waals surface area contributed by atoms with Gasteiger partial charge in [0, 0.05) is 12.1 Å². The number of hydrogen-bond donors (Lipinski definition) is 2. The fourth-order valence-electron chi connectivity index (χ4n) is 2.00. The molecule has 2 N–H and O–H groups in total. The molecule has 0 saturated heterocycles. The first-order chi connectivity index (χ1) is 8.64. The zero-order valence-electron chi connectivity index (χ0n) is 11.3. The maximum Gasteiger partial charge on any atom is 0.251 e. The van der Waals surface area contributed by atoms with Crippen LogP contribution in [0.3, 0.4) is 0 Å². The average Bonchev–Trinajstić information content (AvgIpc) is 3.12. The monoisotopic (exact) mass is 246 g/mol. The number of rotatable bonds is 6. The van der Waals surface area contributed by atoms with Crippen LogP contribution < -0.4 is 10.6 Å². The molecule has 3 heteroatoms. The van der Waals surface area contributed by atoms with Crippen molar-refractivity contribution in [1.29, 1.82) is 0 Å². The number of carbonyl (C=O) groups excluding carboxylic acids is 1. The summed E-state index contributed by atoms with van der Waals surface area (Å²) in [4.78, 5) is 12.2. The van der Waals surface area contributed by atoms with E-state index in [1.54, 1.807) is 0 Å². The number of amides is 1. The van der Waals surface area contributed by atoms with Crippen molar-refractivity contribution in [3.63, 3.8) is 0 Å². The van der Waals surface area contributed by atoms with E-state index >= 15 is 0 Å². The van der Waals surface area contributed by atoms with Crippen LogP contribution in [-0.4, -0.2) is 26.0 Å². The SMILES string of the molecule is CNCCc1ccccc1C(=O)NCC1(C)CC1. The van der Waals surface area contributed by atoms with E-state index in [0.29, 0.717) is 5.41 Å². The first kappa shape index (κ1) is 13.1. The molecule has 0 atom stereocenters. The van der Waals surface area contributed by atoms with Gasteiger partial charge in [-0.1, -0.05) is 25.1 Å². The highest BCUT2D eigenvalue weighted by Crippen LogP contribution is 2.44. The molecule has 1 aliphatic rings. The van der Waals surface area contributed by atoms with Crippen LogP contribution in [0.5, 0.6) is 0 Å². The van der Waals surface area contributed by atoms with E-state index in [0.717, 1.165) is 30.6 Å². The minimum Gasteiger partial charge on any atom is -0.351 e. The Balaban J connectivity index is 1.99. The molecule has 98 valence electrons. The van der Waals surface area contributed by atoms with Gasteiger partial charge in [0.1, 0.15) is 0 Å². The molecule has 1 aromatic carbocycles. The van der Waals surface area contributed by atoms with Crippen molar-refractivity contribution in [2.24, 2.45) is 5.41 Å². The second-order valence-electron chi connectivity index (χ2n) is 5.50. The van der Waals surface area contributed by atoms with E-state index in [-0.39, 0.29) is 5.91 Å². The van der Waals surface area contributed by atoms with Crippen LogP contribution in [0.2, 0.25) is 0 Å². The van der Waals surface area contributed by atoms with Gasteiger partial charge in [-0.2, -0.15) is 0 Å². The molecule has 18 heavy (non-hydrogen) atoms. The Hall–Kier alpha value is -1.35. The van der Waals surface area contributed by atoms with Gasteiger partial charge in [0.25, 0.3) is 5.91 Å². The fourth-order valence-corrected chi connectivity index (χ4v) is 2.00. The predicted molar refractivity (Wildman–Crippen MR) is 73.7 cm³/mol. The summed E-state index contributed by atoms with van der Waals surface area (Å²) in [7, 11) is 1.93. The highest BCUT2D eigenvalue weighted by molar-refractivity contribution is 5.95. The van der Waals surface area contributed by atoms with Crippen LogP contribution in [0.25, 0.3) is 0 Å². The topological polar surface area (TPSA) is 41.1 Å². The average molecular weight is 246 g/mol. The van der Waals surface area contributed by atoms with Gasteiger partial charge < -0.3 is 10.6 Å². The number of likely N-dealkylation sites (N-methyl/N-ethyl adjacent to an activating group) is 1. The lowest BCUT2D eigenvalue weighted by Crippen LogP contribution is -2.30. The van der Waals surface area contributed by atoms with Gasteiger partial charge in [0.2, 0.25) is 0 Å². The largest absolute Gasteiger partial charge is 0.351 e. The Morgan fingerprint density at radius 1 is 1.33 bits per heavy atom. The molecular weight excluding hydrogens is 224 g/mol. The molecule has 0 aromatic heterocycles. The molecule has 3 nitrogen and oxygen atoms in total. The lowest BCUT2D eigenvalue weighted by atomic mass is 10.0. The minimum atomic E-state index is 0.0647. The summed E-state index contributed by atoms with van der Waals surface area (Å²) in [5, 5.41) is 6.18. The summed E-state index contributed by atoms with van der Waals surface area (Å²) in [6.45, 7) is 3.91. The Labute approximate surface area is 109 Å². The van der Waals surface area contributed by atoms with E-state index in [1.807, 2.05) is 31.3 Å². The third-order valence-corrected chi connectivity index (χ3v) is 3.69. The van der Waals surface area contributed by atoms with Crippen molar-refractivity contribution in [3.8, 4) is 0 Å². The molecule has 1 fully saturated rings. The summed E-state index contributed by atoms with van der Waals surface area (Å²) >= 11 is 0. The fraction of sp³-hybridized carbons (Fsp3) is 0.533. The summed E-state index contributed by atoms with van der Waals surface area (Å²) in [6, 6.07) is 7.86. The second kappa shape index (κ2) is 5.53. The van der Waals surface area contributed by atoms with Gasteiger partial charge >= 0.3 is 0 Å². The maximum absolute atomic E-state index is 12.2. The van der Waals surface area contributed by atoms with Gasteiger partial charge in [-0.05, 0) is 49.9 Å². The highest BCUT2D eigenvalue weighted by atomic mass is 16.1. The third kappa shape index (κ3) is 3.33. The quantitative estimate of drug-likeness (QED) is 0.806. The van der Waals surface area contributed by atoms with Crippen molar-refractivity contribution < 1.29 is 4.79 Å². The molecule has 0 unspecified atom stereocenters. The Kier molecular flexibility index (Phi) is 4.02. The zero-order valence-corrected chi connectivity index (χ0v) is 11.3. The molecule has 0 radical (unpaired) electrons.